The first-order valence-electron chi connectivity index (χ1n) is 2.63. The molecule has 1 aliphatic heterocycles. The maximum absolute atomic E-state index is 12.3. The number of halogens is 1. The van der Waals surface area contributed by atoms with Crippen LogP contribution in [0.1, 0.15) is 6.92 Å². The van der Waals surface area contributed by atoms with Crippen LogP contribution in [-0.4, -0.2) is 18.6 Å². The van der Waals surface area contributed by atoms with Gasteiger partial charge in [-0.1, -0.05) is 6.92 Å². The summed E-state index contributed by atoms with van der Waals surface area (Å²) in [4.78, 5) is 10.3. The Morgan fingerprint density at radius 2 is 2.50 bits per heavy atom. The minimum atomic E-state index is -1.27. The van der Waals surface area contributed by atoms with Crippen LogP contribution in [0.3, 0.4) is 0 Å². The van der Waals surface area contributed by atoms with Crippen LogP contribution in [-0.2, 0) is 4.79 Å². The third-order valence-electron chi connectivity index (χ3n) is 1.35. The summed E-state index contributed by atoms with van der Waals surface area (Å²) in [5, 5.41) is 2.41. The molecule has 8 heavy (non-hydrogen) atoms. The largest absolute Gasteiger partial charge is 0.353 e. The zero-order valence-electron chi connectivity index (χ0n) is 4.65. The molecule has 1 aliphatic rings. The van der Waals surface area contributed by atoms with Gasteiger partial charge in [-0.3, -0.25) is 4.79 Å². The van der Waals surface area contributed by atoms with E-state index in [2.05, 4.69) is 5.32 Å². The van der Waals surface area contributed by atoms with Gasteiger partial charge in [0.25, 0.3) is 5.91 Å². The van der Waals surface area contributed by atoms with E-state index in [-0.39, 0.29) is 5.92 Å². The Hall–Kier alpha value is -0.600. The average Bonchev–Trinajstić information content (AvgIpc) is 1.98. The van der Waals surface area contributed by atoms with Gasteiger partial charge in [-0.15, -0.1) is 0 Å². The van der Waals surface area contributed by atoms with Crippen molar-refractivity contribution in [2.45, 2.75) is 13.1 Å². The van der Waals surface area contributed by atoms with Crippen molar-refractivity contribution in [1.29, 1.82) is 0 Å². The molecular weight excluding hydrogens is 109 g/mol. The molecular formula is C5H8FNO. The highest BCUT2D eigenvalue weighted by Crippen LogP contribution is 2.11. The Bertz CT molecular complexity index is 115. The van der Waals surface area contributed by atoms with Crippen molar-refractivity contribution in [3.8, 4) is 0 Å². The molecule has 1 heterocycles. The Kier molecular flexibility index (Phi) is 1.19. The van der Waals surface area contributed by atoms with E-state index in [4.69, 9.17) is 0 Å². The second-order valence-corrected chi connectivity index (χ2v) is 2.12. The highest BCUT2D eigenvalue weighted by atomic mass is 19.1. The number of alkyl halides is 1. The summed E-state index contributed by atoms with van der Waals surface area (Å²) in [5.74, 6) is -0.597. The number of hydrogen-bond acceptors (Lipinski definition) is 1. The molecule has 2 atom stereocenters. The van der Waals surface area contributed by atoms with Crippen molar-refractivity contribution in [3.63, 3.8) is 0 Å². The molecule has 0 aromatic carbocycles. The second kappa shape index (κ2) is 1.73. The van der Waals surface area contributed by atoms with E-state index in [0.717, 1.165) is 0 Å². The van der Waals surface area contributed by atoms with Gasteiger partial charge in [0, 0.05) is 12.5 Å². The van der Waals surface area contributed by atoms with Crippen LogP contribution in [0.5, 0.6) is 0 Å². The van der Waals surface area contributed by atoms with Gasteiger partial charge in [-0.25, -0.2) is 4.39 Å². The first-order chi connectivity index (χ1) is 3.72. The molecule has 0 radical (unpaired) electrons. The van der Waals surface area contributed by atoms with Gasteiger partial charge >= 0.3 is 0 Å². The maximum Gasteiger partial charge on any atom is 0.254 e. The minimum absolute atomic E-state index is 0.137. The standard InChI is InChI=1S/C5H8FNO/c1-3-2-7-5(8)4(3)6/h3-4H,2H2,1H3,(H,7,8)/t3-,4-/m1/s1. The highest BCUT2D eigenvalue weighted by Gasteiger charge is 2.30. The Morgan fingerprint density at radius 1 is 1.88 bits per heavy atom. The zero-order chi connectivity index (χ0) is 6.15. The van der Waals surface area contributed by atoms with Crippen LogP contribution in [0.15, 0.2) is 0 Å². The monoisotopic (exact) mass is 117 g/mol. The summed E-state index contributed by atoms with van der Waals surface area (Å²) in [6.07, 6.45) is -1.27. The lowest BCUT2D eigenvalue weighted by Crippen LogP contribution is -2.19. The lowest BCUT2D eigenvalue weighted by molar-refractivity contribution is -0.123. The summed E-state index contributed by atoms with van der Waals surface area (Å²) in [6, 6.07) is 0. The van der Waals surface area contributed by atoms with Crippen LogP contribution in [0.2, 0.25) is 0 Å². The van der Waals surface area contributed by atoms with E-state index in [0.29, 0.717) is 6.54 Å². The highest BCUT2D eigenvalue weighted by molar-refractivity contribution is 5.83. The van der Waals surface area contributed by atoms with E-state index in [9.17, 15) is 9.18 Å². The van der Waals surface area contributed by atoms with Gasteiger partial charge in [0.1, 0.15) is 0 Å². The second-order valence-electron chi connectivity index (χ2n) is 2.12. The number of carbonyl (C=O) groups excluding carboxylic acids is 1. The van der Waals surface area contributed by atoms with E-state index < -0.39 is 12.1 Å². The van der Waals surface area contributed by atoms with Gasteiger partial charge in [0.05, 0.1) is 0 Å². The predicted octanol–water partition coefficient (Wildman–Crippen LogP) is 0.0904. The van der Waals surface area contributed by atoms with Crippen molar-refractivity contribution in [3.05, 3.63) is 0 Å². The molecule has 2 nitrogen and oxygen atoms in total. The van der Waals surface area contributed by atoms with E-state index in [1.165, 1.54) is 0 Å². The zero-order valence-corrected chi connectivity index (χ0v) is 4.65. The average molecular weight is 117 g/mol. The number of carbonyl (C=O) groups is 1. The summed E-state index contributed by atoms with van der Waals surface area (Å²) in [5.41, 5.74) is 0. The first kappa shape index (κ1) is 5.54. The summed E-state index contributed by atoms with van der Waals surface area (Å²) in [6.45, 7) is 2.20. The normalized spacial score (nSPS) is 37.5. The molecule has 0 unspecified atom stereocenters. The number of rotatable bonds is 0. The van der Waals surface area contributed by atoms with Crippen molar-refractivity contribution >= 4 is 5.91 Å². The molecule has 1 N–H and O–H groups in total. The molecule has 0 aliphatic carbocycles. The first-order valence-corrected chi connectivity index (χ1v) is 2.63. The third-order valence-corrected chi connectivity index (χ3v) is 1.35. The molecule has 0 saturated carbocycles. The van der Waals surface area contributed by atoms with E-state index in [1.807, 2.05) is 0 Å². The van der Waals surface area contributed by atoms with Crippen LogP contribution in [0.4, 0.5) is 4.39 Å². The molecule has 1 saturated heterocycles. The van der Waals surface area contributed by atoms with Gasteiger partial charge < -0.3 is 5.32 Å². The number of amides is 1. The topological polar surface area (TPSA) is 29.1 Å². The Balaban J connectivity index is 2.56. The molecule has 1 rings (SSSR count). The smallest absolute Gasteiger partial charge is 0.254 e. The predicted molar refractivity (Wildman–Crippen MR) is 27.1 cm³/mol. The minimum Gasteiger partial charge on any atom is -0.353 e. The van der Waals surface area contributed by atoms with Crippen LogP contribution in [0, 0.1) is 5.92 Å². The lowest BCUT2D eigenvalue weighted by Gasteiger charge is -1.96. The summed E-state index contributed by atoms with van der Waals surface area (Å²) >= 11 is 0. The van der Waals surface area contributed by atoms with Gasteiger partial charge in [-0.05, 0) is 0 Å². The summed E-state index contributed by atoms with van der Waals surface area (Å²) < 4.78 is 12.3. The Labute approximate surface area is 47.1 Å². The quantitative estimate of drug-likeness (QED) is 0.478. The molecule has 0 aromatic heterocycles. The molecule has 0 aromatic rings. The molecule has 1 fully saturated rings. The fourth-order valence-corrected chi connectivity index (χ4v) is 0.721. The van der Waals surface area contributed by atoms with Crippen molar-refractivity contribution in [2.24, 2.45) is 5.92 Å². The van der Waals surface area contributed by atoms with Gasteiger partial charge in [0.2, 0.25) is 0 Å². The third kappa shape index (κ3) is 0.680. The molecule has 1 amide bonds. The van der Waals surface area contributed by atoms with Crippen LogP contribution in [0.25, 0.3) is 0 Å². The van der Waals surface area contributed by atoms with Gasteiger partial charge in [0.15, 0.2) is 6.17 Å². The molecule has 3 heteroatoms. The molecule has 0 spiro atoms. The van der Waals surface area contributed by atoms with Crippen molar-refractivity contribution < 1.29 is 9.18 Å². The van der Waals surface area contributed by atoms with Crippen molar-refractivity contribution in [2.75, 3.05) is 6.54 Å². The van der Waals surface area contributed by atoms with E-state index in [1.54, 1.807) is 6.92 Å². The number of hydrogen-bond donors (Lipinski definition) is 1. The van der Waals surface area contributed by atoms with Crippen LogP contribution >= 0.6 is 0 Å². The summed E-state index contributed by atoms with van der Waals surface area (Å²) in [7, 11) is 0. The molecule has 0 bridgehead atoms. The molecule has 46 valence electrons. The van der Waals surface area contributed by atoms with Gasteiger partial charge in [-0.2, -0.15) is 0 Å². The van der Waals surface area contributed by atoms with Crippen LogP contribution < -0.4 is 5.32 Å². The van der Waals surface area contributed by atoms with Crippen molar-refractivity contribution in [1.82, 2.24) is 5.32 Å². The fraction of sp³-hybridized carbons (Fsp3) is 0.800. The fourth-order valence-electron chi connectivity index (χ4n) is 0.721. The maximum atomic E-state index is 12.3. The Morgan fingerprint density at radius 3 is 2.62 bits per heavy atom. The number of nitrogens with one attached hydrogen (secondary N) is 1. The van der Waals surface area contributed by atoms with E-state index >= 15 is 0 Å². The lowest BCUT2D eigenvalue weighted by atomic mass is 10.1. The SMILES string of the molecule is C[C@@H]1CNC(=O)[C@@H]1F.